The van der Waals surface area contributed by atoms with Crippen LogP contribution in [0.4, 0.5) is 0 Å². The number of rotatable bonds is 4. The summed E-state index contributed by atoms with van der Waals surface area (Å²) < 4.78 is 0. The van der Waals surface area contributed by atoms with E-state index in [2.05, 4.69) is 26.0 Å². The number of ketones is 1. The zero-order chi connectivity index (χ0) is 13.8. The molecule has 1 heteroatoms. The molecule has 1 saturated carbocycles. The van der Waals surface area contributed by atoms with E-state index in [-0.39, 0.29) is 5.78 Å². The molecule has 0 saturated heterocycles. The van der Waals surface area contributed by atoms with Crippen LogP contribution in [-0.2, 0) is 0 Å². The first-order valence-electron chi connectivity index (χ1n) is 7.72. The predicted molar refractivity (Wildman–Crippen MR) is 80.6 cm³/mol. The van der Waals surface area contributed by atoms with Crippen LogP contribution in [0.25, 0.3) is 0 Å². The standard InChI is InChI=1S/C18H26O/c1-4-5-15-6-11-18(12-13(15)2)17-9-7-16(8-10-17)14(3)19/h7-10,13,15,18H,4-6,11-12H2,1-3H3/t13-,15-,18-/m1/s1. The molecule has 104 valence electrons. The monoisotopic (exact) mass is 258 g/mol. The lowest BCUT2D eigenvalue weighted by Crippen LogP contribution is -2.21. The van der Waals surface area contributed by atoms with Gasteiger partial charge < -0.3 is 0 Å². The normalized spacial score (nSPS) is 27.2. The third-order valence-corrected chi connectivity index (χ3v) is 4.80. The average molecular weight is 258 g/mol. The van der Waals surface area contributed by atoms with Crippen molar-refractivity contribution in [2.24, 2.45) is 11.8 Å². The summed E-state index contributed by atoms with van der Waals surface area (Å²) in [4.78, 5) is 11.3. The second-order valence-electron chi connectivity index (χ2n) is 6.21. The number of hydrogen-bond donors (Lipinski definition) is 0. The number of benzene rings is 1. The van der Waals surface area contributed by atoms with Gasteiger partial charge in [-0.2, -0.15) is 0 Å². The summed E-state index contributed by atoms with van der Waals surface area (Å²) in [6.45, 7) is 6.34. The smallest absolute Gasteiger partial charge is 0.159 e. The molecule has 1 fully saturated rings. The van der Waals surface area contributed by atoms with Gasteiger partial charge in [0.2, 0.25) is 0 Å². The molecule has 19 heavy (non-hydrogen) atoms. The van der Waals surface area contributed by atoms with Gasteiger partial charge in [0.05, 0.1) is 0 Å². The maximum atomic E-state index is 11.3. The molecule has 1 aliphatic rings. The third-order valence-electron chi connectivity index (χ3n) is 4.80. The zero-order valence-corrected chi connectivity index (χ0v) is 12.5. The Kier molecular flexibility index (Phi) is 4.79. The number of Topliss-reactive ketones (excluding diaryl/α,β-unsaturated/α-hetero) is 1. The van der Waals surface area contributed by atoms with E-state index in [1.807, 2.05) is 12.1 Å². The third kappa shape index (κ3) is 3.46. The van der Waals surface area contributed by atoms with Gasteiger partial charge in [0.1, 0.15) is 0 Å². The molecule has 1 aliphatic carbocycles. The van der Waals surface area contributed by atoms with Gasteiger partial charge in [-0.25, -0.2) is 0 Å². The Bertz CT molecular complexity index is 418. The fourth-order valence-corrected chi connectivity index (χ4v) is 3.55. The number of hydrogen-bond acceptors (Lipinski definition) is 1. The molecule has 0 N–H and O–H groups in total. The first-order valence-corrected chi connectivity index (χ1v) is 7.72. The quantitative estimate of drug-likeness (QED) is 0.678. The average Bonchev–Trinajstić information content (AvgIpc) is 2.41. The molecule has 1 aromatic rings. The summed E-state index contributed by atoms with van der Waals surface area (Å²) in [5, 5.41) is 0. The molecule has 2 rings (SSSR count). The summed E-state index contributed by atoms with van der Waals surface area (Å²) in [5.74, 6) is 2.62. The van der Waals surface area contributed by atoms with Crippen molar-refractivity contribution in [3.8, 4) is 0 Å². The van der Waals surface area contributed by atoms with Crippen molar-refractivity contribution < 1.29 is 4.79 Å². The molecule has 0 spiro atoms. The molecule has 3 atom stereocenters. The van der Waals surface area contributed by atoms with Crippen molar-refractivity contribution in [2.45, 2.75) is 58.8 Å². The minimum absolute atomic E-state index is 0.159. The van der Waals surface area contributed by atoms with Gasteiger partial charge in [-0.05, 0) is 49.5 Å². The van der Waals surface area contributed by atoms with Crippen LogP contribution in [0.15, 0.2) is 24.3 Å². The fourth-order valence-electron chi connectivity index (χ4n) is 3.55. The zero-order valence-electron chi connectivity index (χ0n) is 12.5. The van der Waals surface area contributed by atoms with E-state index < -0.39 is 0 Å². The van der Waals surface area contributed by atoms with Crippen LogP contribution in [0.3, 0.4) is 0 Å². The van der Waals surface area contributed by atoms with Crippen molar-refractivity contribution in [1.82, 2.24) is 0 Å². The van der Waals surface area contributed by atoms with E-state index in [1.165, 1.54) is 37.7 Å². The van der Waals surface area contributed by atoms with E-state index in [1.54, 1.807) is 6.92 Å². The summed E-state index contributed by atoms with van der Waals surface area (Å²) in [5.41, 5.74) is 2.25. The number of carbonyl (C=O) groups is 1. The van der Waals surface area contributed by atoms with E-state index in [9.17, 15) is 4.79 Å². The predicted octanol–water partition coefficient (Wildman–Crippen LogP) is 5.21. The summed E-state index contributed by atoms with van der Waals surface area (Å²) in [6, 6.07) is 8.30. The topological polar surface area (TPSA) is 17.1 Å². The molecule has 0 radical (unpaired) electrons. The second-order valence-corrected chi connectivity index (χ2v) is 6.21. The molecule has 0 aromatic heterocycles. The first-order chi connectivity index (χ1) is 9.11. The lowest BCUT2D eigenvalue weighted by molar-refractivity contribution is 0.101. The molecular formula is C18H26O. The molecule has 0 bridgehead atoms. The van der Waals surface area contributed by atoms with Gasteiger partial charge in [-0.15, -0.1) is 0 Å². The lowest BCUT2D eigenvalue weighted by Gasteiger charge is -2.34. The molecule has 0 amide bonds. The maximum absolute atomic E-state index is 11.3. The van der Waals surface area contributed by atoms with Crippen LogP contribution in [0.1, 0.15) is 74.7 Å². The molecule has 1 aromatic carbocycles. The van der Waals surface area contributed by atoms with Crippen molar-refractivity contribution in [3.63, 3.8) is 0 Å². The summed E-state index contributed by atoms with van der Waals surface area (Å²) in [7, 11) is 0. The highest BCUT2D eigenvalue weighted by molar-refractivity contribution is 5.94. The summed E-state index contributed by atoms with van der Waals surface area (Å²) in [6.07, 6.45) is 6.69. The van der Waals surface area contributed by atoms with Crippen molar-refractivity contribution >= 4 is 5.78 Å². The Labute approximate surface area is 117 Å². The fraction of sp³-hybridized carbons (Fsp3) is 0.611. The molecule has 0 heterocycles. The summed E-state index contributed by atoms with van der Waals surface area (Å²) >= 11 is 0. The first kappa shape index (κ1) is 14.3. The highest BCUT2D eigenvalue weighted by atomic mass is 16.1. The van der Waals surface area contributed by atoms with Gasteiger partial charge in [0.25, 0.3) is 0 Å². The second kappa shape index (κ2) is 6.36. The highest BCUT2D eigenvalue weighted by Crippen LogP contribution is 2.41. The van der Waals surface area contributed by atoms with Gasteiger partial charge >= 0.3 is 0 Å². The largest absolute Gasteiger partial charge is 0.295 e. The van der Waals surface area contributed by atoms with E-state index in [4.69, 9.17) is 0 Å². The van der Waals surface area contributed by atoms with Crippen molar-refractivity contribution in [1.29, 1.82) is 0 Å². The van der Waals surface area contributed by atoms with E-state index >= 15 is 0 Å². The van der Waals surface area contributed by atoms with Crippen LogP contribution in [-0.4, -0.2) is 5.78 Å². The lowest BCUT2D eigenvalue weighted by atomic mass is 9.71. The minimum Gasteiger partial charge on any atom is -0.295 e. The van der Waals surface area contributed by atoms with Crippen molar-refractivity contribution in [3.05, 3.63) is 35.4 Å². The Morgan fingerprint density at radius 3 is 2.42 bits per heavy atom. The van der Waals surface area contributed by atoms with Gasteiger partial charge in [-0.1, -0.05) is 51.0 Å². The van der Waals surface area contributed by atoms with Crippen LogP contribution in [0, 0.1) is 11.8 Å². The Morgan fingerprint density at radius 1 is 1.21 bits per heavy atom. The molecular weight excluding hydrogens is 232 g/mol. The SMILES string of the molecule is CCC[C@@H]1CC[C@@H](c2ccc(C(C)=O)cc2)C[C@H]1C. The van der Waals surface area contributed by atoms with Crippen LogP contribution in [0.2, 0.25) is 0 Å². The Hall–Kier alpha value is -1.11. The Balaban J connectivity index is 2.01. The maximum Gasteiger partial charge on any atom is 0.159 e. The van der Waals surface area contributed by atoms with E-state index in [0.29, 0.717) is 5.92 Å². The van der Waals surface area contributed by atoms with Crippen LogP contribution < -0.4 is 0 Å². The number of carbonyl (C=O) groups excluding carboxylic acids is 1. The molecule has 0 unspecified atom stereocenters. The Morgan fingerprint density at radius 2 is 1.89 bits per heavy atom. The van der Waals surface area contributed by atoms with Crippen molar-refractivity contribution in [2.75, 3.05) is 0 Å². The van der Waals surface area contributed by atoms with Gasteiger partial charge in [-0.3, -0.25) is 4.79 Å². The minimum atomic E-state index is 0.159. The van der Waals surface area contributed by atoms with Gasteiger partial charge in [0.15, 0.2) is 5.78 Å². The van der Waals surface area contributed by atoms with Crippen LogP contribution >= 0.6 is 0 Å². The molecule has 1 nitrogen and oxygen atoms in total. The van der Waals surface area contributed by atoms with Gasteiger partial charge in [0, 0.05) is 5.56 Å². The molecule has 0 aliphatic heterocycles. The van der Waals surface area contributed by atoms with Crippen LogP contribution in [0.5, 0.6) is 0 Å². The van der Waals surface area contributed by atoms with E-state index in [0.717, 1.165) is 17.4 Å². The highest BCUT2D eigenvalue weighted by Gasteiger charge is 2.27.